The van der Waals surface area contributed by atoms with Crippen LogP contribution in [-0.4, -0.2) is 28.3 Å². The van der Waals surface area contributed by atoms with E-state index in [1.54, 1.807) is 6.92 Å². The summed E-state index contributed by atoms with van der Waals surface area (Å²) < 4.78 is 44.6. The minimum atomic E-state index is -4.58. The number of fused-ring (bicyclic) bond motifs is 1. The number of carbonyl (C=O) groups is 2. The molecular formula is C19H22F3N3O3S. The number of hydrogen-bond donors (Lipinski definition) is 1. The Kier molecular flexibility index (Phi) is 6.02. The van der Waals surface area contributed by atoms with Crippen molar-refractivity contribution in [3.8, 4) is 0 Å². The topological polar surface area (TPSA) is 73.2 Å². The zero-order valence-electron chi connectivity index (χ0n) is 16.4. The molecule has 6 nitrogen and oxygen atoms in total. The molecule has 0 aliphatic heterocycles. The van der Waals surface area contributed by atoms with E-state index in [0.717, 1.165) is 40.5 Å². The molecule has 0 aromatic carbocycles. The number of carbonyl (C=O) groups excluding carboxylic acids is 2. The van der Waals surface area contributed by atoms with E-state index in [0.29, 0.717) is 16.5 Å². The Balaban J connectivity index is 1.83. The molecule has 10 heteroatoms. The van der Waals surface area contributed by atoms with Crippen LogP contribution < -0.4 is 5.32 Å². The standard InChI is InChI=1S/C19H22F3N3O3S/c1-4-28-18(27)16-12-6-5-10(2)7-13(12)29-17(16)23-15(26)9-25-11(3)8-14(24-25)19(20,21)22/h8,10H,4-7,9H2,1-3H3,(H,23,26)/t10-/m1/s1. The normalized spacial score (nSPS) is 16.4. The molecule has 1 amide bonds. The number of rotatable bonds is 5. The van der Waals surface area contributed by atoms with Crippen LogP contribution in [0.2, 0.25) is 0 Å². The van der Waals surface area contributed by atoms with E-state index in [9.17, 15) is 22.8 Å². The maximum atomic E-state index is 12.8. The van der Waals surface area contributed by atoms with Gasteiger partial charge in [0.05, 0.1) is 12.2 Å². The van der Waals surface area contributed by atoms with Crippen LogP contribution in [0.1, 0.15) is 52.5 Å². The lowest BCUT2D eigenvalue weighted by atomic mass is 9.88. The van der Waals surface area contributed by atoms with Crippen molar-refractivity contribution in [1.82, 2.24) is 9.78 Å². The van der Waals surface area contributed by atoms with Gasteiger partial charge in [0.25, 0.3) is 0 Å². The molecule has 0 radical (unpaired) electrons. The summed E-state index contributed by atoms with van der Waals surface area (Å²) in [6, 6.07) is 0.891. The molecule has 1 aliphatic rings. The van der Waals surface area contributed by atoms with E-state index >= 15 is 0 Å². The lowest BCUT2D eigenvalue weighted by Crippen LogP contribution is -2.22. The van der Waals surface area contributed by atoms with Crippen molar-refractivity contribution in [2.24, 2.45) is 5.92 Å². The highest BCUT2D eigenvalue weighted by molar-refractivity contribution is 7.17. The van der Waals surface area contributed by atoms with Crippen molar-refractivity contribution in [2.75, 3.05) is 11.9 Å². The van der Waals surface area contributed by atoms with Crippen LogP contribution in [0.4, 0.5) is 18.2 Å². The first kappa shape index (κ1) is 21.4. The molecule has 3 rings (SSSR count). The van der Waals surface area contributed by atoms with Crippen molar-refractivity contribution in [3.05, 3.63) is 33.5 Å². The molecular weight excluding hydrogens is 407 g/mol. The third-order valence-corrected chi connectivity index (χ3v) is 5.98. The smallest absolute Gasteiger partial charge is 0.435 e. The molecule has 0 fully saturated rings. The van der Waals surface area contributed by atoms with E-state index in [1.807, 2.05) is 0 Å². The maximum Gasteiger partial charge on any atom is 0.435 e. The first-order valence-corrected chi connectivity index (χ1v) is 10.1. The molecule has 0 saturated heterocycles. The molecule has 2 heterocycles. The average Bonchev–Trinajstić information content (AvgIpc) is 3.14. The molecule has 1 atom stereocenters. The Morgan fingerprint density at radius 1 is 1.41 bits per heavy atom. The molecule has 158 valence electrons. The first-order chi connectivity index (χ1) is 13.6. The molecule has 0 saturated carbocycles. The van der Waals surface area contributed by atoms with Crippen LogP contribution in [0.3, 0.4) is 0 Å². The first-order valence-electron chi connectivity index (χ1n) is 9.33. The molecule has 29 heavy (non-hydrogen) atoms. The number of hydrogen-bond acceptors (Lipinski definition) is 5. The fourth-order valence-electron chi connectivity index (χ4n) is 3.37. The van der Waals surface area contributed by atoms with Crippen molar-refractivity contribution in [2.45, 2.75) is 52.8 Å². The van der Waals surface area contributed by atoms with Gasteiger partial charge in [-0.15, -0.1) is 11.3 Å². The van der Waals surface area contributed by atoms with E-state index < -0.39 is 23.7 Å². The SMILES string of the molecule is CCOC(=O)c1c(NC(=O)Cn2nc(C(F)(F)F)cc2C)sc2c1CC[C@@H](C)C2. The summed E-state index contributed by atoms with van der Waals surface area (Å²) in [7, 11) is 0. The Morgan fingerprint density at radius 2 is 2.14 bits per heavy atom. The third kappa shape index (κ3) is 4.63. The highest BCUT2D eigenvalue weighted by atomic mass is 32.1. The van der Waals surface area contributed by atoms with Crippen LogP contribution in [0.25, 0.3) is 0 Å². The zero-order chi connectivity index (χ0) is 21.3. The van der Waals surface area contributed by atoms with E-state index in [-0.39, 0.29) is 18.8 Å². The number of ether oxygens (including phenoxy) is 1. The summed E-state index contributed by atoms with van der Waals surface area (Å²) >= 11 is 1.33. The fraction of sp³-hybridized carbons (Fsp3) is 0.526. The predicted molar refractivity (Wildman–Crippen MR) is 102 cm³/mol. The molecule has 0 bridgehead atoms. The Hall–Kier alpha value is -2.36. The van der Waals surface area contributed by atoms with Crippen LogP contribution in [-0.2, 0) is 35.1 Å². The minimum absolute atomic E-state index is 0.208. The summed E-state index contributed by atoms with van der Waals surface area (Å²) in [5.74, 6) is -0.571. The van der Waals surface area contributed by atoms with Crippen LogP contribution in [0, 0.1) is 12.8 Å². The van der Waals surface area contributed by atoms with Gasteiger partial charge in [0.15, 0.2) is 5.69 Å². The van der Waals surface area contributed by atoms with Gasteiger partial charge in [0.2, 0.25) is 5.91 Å². The summed E-state index contributed by atoms with van der Waals surface area (Å²) in [4.78, 5) is 26.0. The zero-order valence-corrected chi connectivity index (χ0v) is 17.2. The Labute approximate surface area is 170 Å². The summed E-state index contributed by atoms with van der Waals surface area (Å²) in [5.41, 5.74) is 0.435. The van der Waals surface area contributed by atoms with Crippen molar-refractivity contribution >= 4 is 28.2 Å². The molecule has 1 N–H and O–H groups in total. The highest BCUT2D eigenvalue weighted by Gasteiger charge is 2.35. The lowest BCUT2D eigenvalue weighted by molar-refractivity contribution is -0.141. The number of aryl methyl sites for hydroxylation is 1. The van der Waals surface area contributed by atoms with Gasteiger partial charge in [-0.3, -0.25) is 9.48 Å². The number of aromatic nitrogens is 2. The van der Waals surface area contributed by atoms with Gasteiger partial charge in [-0.25, -0.2) is 4.79 Å². The van der Waals surface area contributed by atoms with Gasteiger partial charge in [-0.2, -0.15) is 18.3 Å². The largest absolute Gasteiger partial charge is 0.462 e. The molecule has 2 aromatic rings. The average molecular weight is 429 g/mol. The Bertz CT molecular complexity index is 933. The Morgan fingerprint density at radius 3 is 2.76 bits per heavy atom. The number of nitrogens with zero attached hydrogens (tertiary/aromatic N) is 2. The molecule has 2 aromatic heterocycles. The van der Waals surface area contributed by atoms with Crippen LogP contribution >= 0.6 is 11.3 Å². The van der Waals surface area contributed by atoms with Gasteiger partial charge < -0.3 is 10.1 Å². The van der Waals surface area contributed by atoms with Gasteiger partial charge in [-0.1, -0.05) is 6.92 Å². The van der Waals surface area contributed by atoms with Crippen molar-refractivity contribution in [1.29, 1.82) is 0 Å². The summed E-state index contributed by atoms with van der Waals surface area (Å²) in [6.45, 7) is 5.10. The second kappa shape index (κ2) is 8.17. The van der Waals surface area contributed by atoms with Crippen LogP contribution in [0.15, 0.2) is 6.07 Å². The number of amides is 1. The minimum Gasteiger partial charge on any atom is -0.462 e. The lowest BCUT2D eigenvalue weighted by Gasteiger charge is -2.18. The predicted octanol–water partition coefficient (Wildman–Crippen LogP) is 4.21. The van der Waals surface area contributed by atoms with Gasteiger partial charge >= 0.3 is 12.1 Å². The summed E-state index contributed by atoms with van der Waals surface area (Å²) in [6.07, 6.45) is -2.09. The number of thiophene rings is 1. The van der Waals surface area contributed by atoms with Crippen molar-refractivity contribution in [3.63, 3.8) is 0 Å². The quantitative estimate of drug-likeness (QED) is 0.723. The number of alkyl halides is 3. The van der Waals surface area contributed by atoms with Crippen molar-refractivity contribution < 1.29 is 27.5 Å². The van der Waals surface area contributed by atoms with Gasteiger partial charge in [0.1, 0.15) is 11.5 Å². The monoisotopic (exact) mass is 429 g/mol. The summed E-state index contributed by atoms with van der Waals surface area (Å²) in [5, 5.41) is 6.53. The molecule has 0 unspecified atom stereocenters. The molecule has 1 aliphatic carbocycles. The maximum absolute atomic E-state index is 12.8. The second-order valence-corrected chi connectivity index (χ2v) is 8.26. The van der Waals surface area contributed by atoms with Gasteiger partial charge in [0, 0.05) is 10.6 Å². The number of halogens is 3. The van der Waals surface area contributed by atoms with E-state index in [2.05, 4.69) is 17.3 Å². The second-order valence-electron chi connectivity index (χ2n) is 7.15. The third-order valence-electron chi connectivity index (χ3n) is 4.81. The number of nitrogens with one attached hydrogen (secondary N) is 1. The molecule has 0 spiro atoms. The number of esters is 1. The van der Waals surface area contributed by atoms with E-state index in [1.165, 1.54) is 18.3 Å². The van der Waals surface area contributed by atoms with Gasteiger partial charge in [-0.05, 0) is 50.7 Å². The fourth-order valence-corrected chi connectivity index (χ4v) is 4.78. The number of anilines is 1. The highest BCUT2D eigenvalue weighted by Crippen LogP contribution is 2.40. The van der Waals surface area contributed by atoms with E-state index in [4.69, 9.17) is 4.74 Å². The van der Waals surface area contributed by atoms with Crippen LogP contribution in [0.5, 0.6) is 0 Å².